The van der Waals surface area contributed by atoms with E-state index in [1.807, 2.05) is 6.08 Å². The second-order valence-corrected chi connectivity index (χ2v) is 3.90. The predicted molar refractivity (Wildman–Crippen MR) is 46.3 cm³/mol. The van der Waals surface area contributed by atoms with Crippen molar-refractivity contribution in [3.63, 3.8) is 0 Å². The van der Waals surface area contributed by atoms with Gasteiger partial charge in [0.05, 0.1) is 0 Å². The van der Waals surface area contributed by atoms with Crippen LogP contribution in [-0.4, -0.2) is 30.1 Å². The zero-order valence-electron chi connectivity index (χ0n) is 6.92. The topological polar surface area (TPSA) is 29.3 Å². The average molecular weight is 152 g/mol. The number of fused-ring (bicyclic) bond motifs is 1. The van der Waals surface area contributed by atoms with Crippen LogP contribution in [0.3, 0.4) is 0 Å². The van der Waals surface area contributed by atoms with Gasteiger partial charge < -0.3 is 5.73 Å². The molecule has 2 saturated heterocycles. The van der Waals surface area contributed by atoms with Crippen molar-refractivity contribution in [2.45, 2.75) is 18.4 Å². The molecule has 2 heteroatoms. The fraction of sp³-hybridized carbons (Fsp3) is 0.778. The molecule has 1 saturated carbocycles. The molecule has 2 N–H and O–H groups in total. The van der Waals surface area contributed by atoms with Crippen molar-refractivity contribution < 1.29 is 0 Å². The van der Waals surface area contributed by atoms with Crippen LogP contribution in [0.5, 0.6) is 0 Å². The maximum atomic E-state index is 5.75. The van der Waals surface area contributed by atoms with Gasteiger partial charge in [0.2, 0.25) is 0 Å². The van der Waals surface area contributed by atoms with Crippen molar-refractivity contribution in [3.8, 4) is 0 Å². The standard InChI is InChI=1S/C9H16N2/c1-2-3-11-6-8-4-9(11,5-8)7-10/h2,8H,1,3-7,10H2. The molecule has 62 valence electrons. The van der Waals surface area contributed by atoms with Gasteiger partial charge in [-0.25, -0.2) is 0 Å². The highest BCUT2D eigenvalue weighted by Crippen LogP contribution is 2.49. The third-order valence-electron chi connectivity index (χ3n) is 3.22. The number of nitrogens with zero attached hydrogens (tertiary/aromatic N) is 1. The van der Waals surface area contributed by atoms with Crippen LogP contribution >= 0.6 is 0 Å². The Balaban J connectivity index is 2.05. The number of nitrogens with two attached hydrogens (primary N) is 1. The molecule has 2 aliphatic heterocycles. The van der Waals surface area contributed by atoms with Gasteiger partial charge in [-0.2, -0.15) is 0 Å². The molecule has 2 nitrogen and oxygen atoms in total. The molecule has 3 aliphatic rings. The van der Waals surface area contributed by atoms with Crippen molar-refractivity contribution in [3.05, 3.63) is 12.7 Å². The Labute approximate surface area is 68.1 Å². The highest BCUT2D eigenvalue weighted by molar-refractivity contribution is 5.11. The summed E-state index contributed by atoms with van der Waals surface area (Å²) in [6.45, 7) is 6.87. The Morgan fingerprint density at radius 3 is 2.91 bits per heavy atom. The van der Waals surface area contributed by atoms with Gasteiger partial charge in [-0.05, 0) is 18.8 Å². The Kier molecular flexibility index (Phi) is 1.55. The average Bonchev–Trinajstić information content (AvgIpc) is 2.41. The van der Waals surface area contributed by atoms with E-state index >= 15 is 0 Å². The maximum Gasteiger partial charge on any atom is 0.0341 e. The third-order valence-corrected chi connectivity index (χ3v) is 3.22. The van der Waals surface area contributed by atoms with Crippen molar-refractivity contribution >= 4 is 0 Å². The van der Waals surface area contributed by atoms with Crippen LogP contribution in [-0.2, 0) is 0 Å². The zero-order chi connectivity index (χ0) is 7.90. The molecule has 0 spiro atoms. The summed E-state index contributed by atoms with van der Waals surface area (Å²) in [7, 11) is 0. The molecule has 0 radical (unpaired) electrons. The lowest BCUT2D eigenvalue weighted by molar-refractivity contribution is 0.128. The van der Waals surface area contributed by atoms with Gasteiger partial charge in [0.1, 0.15) is 0 Å². The molecule has 0 amide bonds. The Hall–Kier alpha value is -0.340. The predicted octanol–water partition coefficient (Wildman–Crippen LogP) is 0.596. The van der Waals surface area contributed by atoms with Crippen LogP contribution in [0.4, 0.5) is 0 Å². The zero-order valence-corrected chi connectivity index (χ0v) is 6.92. The first-order valence-electron chi connectivity index (χ1n) is 4.37. The molecular formula is C9H16N2. The van der Waals surface area contributed by atoms with Gasteiger partial charge in [0.25, 0.3) is 0 Å². The largest absolute Gasteiger partial charge is 0.329 e. The molecule has 3 fully saturated rings. The quantitative estimate of drug-likeness (QED) is 0.600. The normalized spacial score (nSPS) is 42.1. The first-order valence-corrected chi connectivity index (χ1v) is 4.37. The van der Waals surface area contributed by atoms with E-state index < -0.39 is 0 Å². The minimum atomic E-state index is 0.388. The van der Waals surface area contributed by atoms with E-state index in [1.165, 1.54) is 19.4 Å². The molecule has 0 aromatic heterocycles. The summed E-state index contributed by atoms with van der Waals surface area (Å²) in [6.07, 6.45) is 4.65. The summed E-state index contributed by atoms with van der Waals surface area (Å²) in [5.74, 6) is 0.943. The van der Waals surface area contributed by atoms with Gasteiger partial charge in [-0.3, -0.25) is 4.90 Å². The summed E-state index contributed by atoms with van der Waals surface area (Å²) in [6, 6.07) is 0. The van der Waals surface area contributed by atoms with E-state index in [2.05, 4.69) is 11.5 Å². The monoisotopic (exact) mass is 152 g/mol. The van der Waals surface area contributed by atoms with E-state index in [4.69, 9.17) is 5.73 Å². The molecule has 0 aromatic carbocycles. The third kappa shape index (κ3) is 0.861. The van der Waals surface area contributed by atoms with Gasteiger partial charge in [0.15, 0.2) is 0 Å². The van der Waals surface area contributed by atoms with E-state index in [0.29, 0.717) is 5.54 Å². The highest BCUT2D eigenvalue weighted by atomic mass is 15.3. The minimum Gasteiger partial charge on any atom is -0.329 e. The SMILES string of the molecule is C=CCN1CC2CC1(CN)C2. The molecule has 0 unspecified atom stereocenters. The van der Waals surface area contributed by atoms with Crippen LogP contribution in [0, 0.1) is 5.92 Å². The summed E-state index contributed by atoms with van der Waals surface area (Å²) in [5, 5.41) is 0. The summed E-state index contributed by atoms with van der Waals surface area (Å²) < 4.78 is 0. The smallest absolute Gasteiger partial charge is 0.0341 e. The summed E-state index contributed by atoms with van der Waals surface area (Å²) >= 11 is 0. The minimum absolute atomic E-state index is 0.388. The van der Waals surface area contributed by atoms with Crippen LogP contribution in [0.25, 0.3) is 0 Å². The van der Waals surface area contributed by atoms with E-state index in [1.54, 1.807) is 0 Å². The van der Waals surface area contributed by atoms with E-state index in [9.17, 15) is 0 Å². The van der Waals surface area contributed by atoms with Crippen LogP contribution in [0.15, 0.2) is 12.7 Å². The van der Waals surface area contributed by atoms with Gasteiger partial charge >= 0.3 is 0 Å². The lowest BCUT2D eigenvalue weighted by Crippen LogP contribution is -2.51. The van der Waals surface area contributed by atoms with Gasteiger partial charge in [-0.15, -0.1) is 6.58 Å². The summed E-state index contributed by atoms with van der Waals surface area (Å²) in [5.41, 5.74) is 6.14. The fourth-order valence-electron chi connectivity index (χ4n) is 2.63. The van der Waals surface area contributed by atoms with Gasteiger partial charge in [-0.1, -0.05) is 6.08 Å². The van der Waals surface area contributed by atoms with E-state index in [0.717, 1.165) is 19.0 Å². The Bertz CT molecular complexity index is 170. The van der Waals surface area contributed by atoms with Crippen molar-refractivity contribution in [2.75, 3.05) is 19.6 Å². The van der Waals surface area contributed by atoms with Crippen LogP contribution in [0.1, 0.15) is 12.8 Å². The van der Waals surface area contributed by atoms with Gasteiger partial charge in [0, 0.05) is 25.2 Å². The second kappa shape index (κ2) is 2.32. The fourth-order valence-corrected chi connectivity index (χ4v) is 2.63. The first-order chi connectivity index (χ1) is 5.30. The van der Waals surface area contributed by atoms with Crippen molar-refractivity contribution in [1.82, 2.24) is 4.90 Å². The highest BCUT2D eigenvalue weighted by Gasteiger charge is 2.54. The van der Waals surface area contributed by atoms with Crippen LogP contribution in [0.2, 0.25) is 0 Å². The number of hydrogen-bond acceptors (Lipinski definition) is 2. The second-order valence-electron chi connectivity index (χ2n) is 3.90. The molecule has 0 atom stereocenters. The Morgan fingerprint density at radius 1 is 1.64 bits per heavy atom. The molecule has 0 aromatic rings. The van der Waals surface area contributed by atoms with E-state index in [-0.39, 0.29) is 0 Å². The molecule has 2 bridgehead atoms. The molecule has 2 heterocycles. The molecule has 11 heavy (non-hydrogen) atoms. The number of hydrogen-bond donors (Lipinski definition) is 1. The van der Waals surface area contributed by atoms with Crippen LogP contribution < -0.4 is 5.73 Å². The van der Waals surface area contributed by atoms with Crippen molar-refractivity contribution in [1.29, 1.82) is 0 Å². The molecule has 1 aliphatic carbocycles. The van der Waals surface area contributed by atoms with Crippen molar-refractivity contribution in [2.24, 2.45) is 11.7 Å². The first kappa shape index (κ1) is 7.32. The molecule has 3 rings (SSSR count). The summed E-state index contributed by atoms with van der Waals surface area (Å²) in [4.78, 5) is 2.49. The number of rotatable bonds is 3. The Morgan fingerprint density at radius 2 is 2.36 bits per heavy atom. The lowest BCUT2D eigenvalue weighted by Gasteiger charge is -2.41. The molecular weight excluding hydrogens is 136 g/mol. The lowest BCUT2D eigenvalue weighted by atomic mass is 9.73. The maximum absolute atomic E-state index is 5.75.